The van der Waals surface area contributed by atoms with Crippen LogP contribution < -0.4 is 15.8 Å². The fraction of sp³-hybridized carbons (Fsp3) is 0.333. The fourth-order valence-electron chi connectivity index (χ4n) is 1.30. The summed E-state index contributed by atoms with van der Waals surface area (Å²) >= 11 is 8.17. The van der Waals surface area contributed by atoms with Gasteiger partial charge < -0.3 is 15.8 Å². The van der Waals surface area contributed by atoms with Crippen molar-refractivity contribution in [3.05, 3.63) is 28.2 Å². The molecule has 0 aromatic heterocycles. The van der Waals surface area contributed by atoms with Gasteiger partial charge in [0.05, 0.1) is 17.7 Å². The molecule has 1 aromatic rings. The minimum atomic E-state index is -0.212. The highest BCUT2D eigenvalue weighted by Crippen LogP contribution is 2.22. The number of halogens is 1. The summed E-state index contributed by atoms with van der Waals surface area (Å²) < 4.78 is 5.96. The van der Waals surface area contributed by atoms with Gasteiger partial charge in [-0.2, -0.15) is 0 Å². The van der Waals surface area contributed by atoms with E-state index in [0.29, 0.717) is 22.8 Å². The van der Waals surface area contributed by atoms with Crippen molar-refractivity contribution in [3.63, 3.8) is 0 Å². The van der Waals surface area contributed by atoms with Crippen LogP contribution in [0.1, 0.15) is 17.3 Å². The van der Waals surface area contributed by atoms with Crippen LogP contribution in [0, 0.1) is 5.92 Å². The zero-order valence-corrected chi connectivity index (χ0v) is 12.6. The minimum Gasteiger partial charge on any atom is -0.496 e. The molecule has 1 rings (SSSR count). The van der Waals surface area contributed by atoms with Crippen LogP contribution in [0.25, 0.3) is 0 Å². The van der Waals surface area contributed by atoms with Gasteiger partial charge in [-0.15, -0.1) is 0 Å². The van der Waals surface area contributed by atoms with Crippen LogP contribution in [0.2, 0.25) is 0 Å². The number of carbonyl (C=O) groups is 1. The molecule has 98 valence electrons. The summed E-state index contributed by atoms with van der Waals surface area (Å²) in [5, 5.41) is 2.77. The van der Waals surface area contributed by atoms with Crippen molar-refractivity contribution in [2.24, 2.45) is 11.7 Å². The van der Waals surface area contributed by atoms with Gasteiger partial charge in [-0.1, -0.05) is 35.1 Å². The first-order valence-corrected chi connectivity index (χ1v) is 6.57. The van der Waals surface area contributed by atoms with Crippen molar-refractivity contribution in [1.82, 2.24) is 5.32 Å². The van der Waals surface area contributed by atoms with Crippen LogP contribution in [0.3, 0.4) is 0 Å². The molecule has 0 aliphatic rings. The lowest BCUT2D eigenvalue weighted by molar-refractivity contribution is 0.0948. The molecule has 0 fully saturated rings. The second-order valence-corrected chi connectivity index (χ2v) is 5.25. The van der Waals surface area contributed by atoms with E-state index in [1.807, 2.05) is 13.0 Å². The number of amides is 1. The summed E-state index contributed by atoms with van der Waals surface area (Å²) in [6.45, 7) is 2.27. The third kappa shape index (κ3) is 3.96. The summed E-state index contributed by atoms with van der Waals surface area (Å²) in [4.78, 5) is 12.4. The Morgan fingerprint density at radius 3 is 2.83 bits per heavy atom. The van der Waals surface area contributed by atoms with Crippen LogP contribution in [0.5, 0.6) is 5.75 Å². The lowest BCUT2D eigenvalue weighted by Crippen LogP contribution is -2.33. The number of rotatable bonds is 5. The van der Waals surface area contributed by atoms with Crippen molar-refractivity contribution in [3.8, 4) is 5.75 Å². The molecule has 6 heteroatoms. The molecule has 4 nitrogen and oxygen atoms in total. The summed E-state index contributed by atoms with van der Waals surface area (Å²) in [7, 11) is 1.53. The summed E-state index contributed by atoms with van der Waals surface area (Å²) in [5.41, 5.74) is 5.96. The van der Waals surface area contributed by atoms with E-state index < -0.39 is 0 Å². The molecule has 0 aliphatic carbocycles. The molecule has 0 bridgehead atoms. The highest BCUT2D eigenvalue weighted by atomic mass is 79.9. The number of hydrogen-bond acceptors (Lipinski definition) is 3. The molecule has 1 unspecified atom stereocenters. The van der Waals surface area contributed by atoms with Crippen molar-refractivity contribution >= 4 is 39.0 Å². The van der Waals surface area contributed by atoms with Crippen LogP contribution in [-0.4, -0.2) is 24.6 Å². The zero-order valence-electron chi connectivity index (χ0n) is 10.2. The van der Waals surface area contributed by atoms with Crippen molar-refractivity contribution < 1.29 is 9.53 Å². The van der Waals surface area contributed by atoms with Gasteiger partial charge in [-0.25, -0.2) is 0 Å². The van der Waals surface area contributed by atoms with Gasteiger partial charge in [0.1, 0.15) is 5.75 Å². The Hall–Kier alpha value is -1.14. The highest BCUT2D eigenvalue weighted by molar-refractivity contribution is 9.10. The maximum atomic E-state index is 12.0. The molecule has 1 aromatic carbocycles. The van der Waals surface area contributed by atoms with Gasteiger partial charge in [0.15, 0.2) is 0 Å². The number of nitrogens with two attached hydrogens (primary N) is 1. The number of methoxy groups -OCH3 is 1. The third-order valence-corrected chi connectivity index (χ3v) is 3.36. The highest BCUT2D eigenvalue weighted by Gasteiger charge is 2.14. The summed E-state index contributed by atoms with van der Waals surface area (Å²) in [6.07, 6.45) is 0. The predicted octanol–water partition coefficient (Wildman–Crippen LogP) is 2.11. The van der Waals surface area contributed by atoms with E-state index in [1.165, 1.54) is 7.11 Å². The molecule has 1 amide bonds. The van der Waals surface area contributed by atoms with Crippen LogP contribution in [0.4, 0.5) is 0 Å². The third-order valence-electron chi connectivity index (χ3n) is 2.46. The molecular formula is C12H15BrN2O2S. The standard InChI is InChI=1S/C12H15BrN2O2S/c1-7(11(14)18)6-15-12(16)9-5-8(13)3-4-10(9)17-2/h3-5,7H,6H2,1-2H3,(H2,14,18)(H,15,16). The van der Waals surface area contributed by atoms with E-state index >= 15 is 0 Å². The van der Waals surface area contributed by atoms with E-state index in [0.717, 1.165) is 4.47 Å². The summed E-state index contributed by atoms with van der Waals surface area (Å²) in [5.74, 6) is 0.275. The second-order valence-electron chi connectivity index (χ2n) is 3.86. The topological polar surface area (TPSA) is 64.3 Å². The Morgan fingerprint density at radius 1 is 1.61 bits per heavy atom. The number of ether oxygens (including phenoxy) is 1. The molecule has 0 radical (unpaired) electrons. The van der Waals surface area contributed by atoms with Crippen molar-refractivity contribution in [2.75, 3.05) is 13.7 Å². The van der Waals surface area contributed by atoms with Gasteiger partial charge in [0.25, 0.3) is 5.91 Å². The average molecular weight is 331 g/mol. The molecule has 0 spiro atoms. The molecule has 1 atom stereocenters. The van der Waals surface area contributed by atoms with Gasteiger partial charge in [-0.3, -0.25) is 4.79 Å². The Balaban J connectivity index is 2.78. The molecule has 0 saturated carbocycles. The van der Waals surface area contributed by atoms with Crippen molar-refractivity contribution in [1.29, 1.82) is 0 Å². The maximum Gasteiger partial charge on any atom is 0.255 e. The number of carbonyl (C=O) groups excluding carboxylic acids is 1. The first-order valence-electron chi connectivity index (χ1n) is 5.36. The number of hydrogen-bond donors (Lipinski definition) is 2. The second kappa shape index (κ2) is 6.70. The van der Waals surface area contributed by atoms with E-state index in [2.05, 4.69) is 21.2 Å². The van der Waals surface area contributed by atoms with E-state index in [1.54, 1.807) is 12.1 Å². The molecule has 18 heavy (non-hydrogen) atoms. The predicted molar refractivity (Wildman–Crippen MR) is 79.0 cm³/mol. The van der Waals surface area contributed by atoms with Gasteiger partial charge >= 0.3 is 0 Å². The summed E-state index contributed by atoms with van der Waals surface area (Å²) in [6, 6.07) is 5.25. The SMILES string of the molecule is COc1ccc(Br)cc1C(=O)NCC(C)C(N)=S. The van der Waals surface area contributed by atoms with Gasteiger partial charge in [0.2, 0.25) is 0 Å². The van der Waals surface area contributed by atoms with Crippen LogP contribution in [-0.2, 0) is 0 Å². The Kier molecular flexibility index (Phi) is 5.55. The quantitative estimate of drug-likeness (QED) is 0.811. The van der Waals surface area contributed by atoms with Gasteiger partial charge in [0, 0.05) is 16.9 Å². The van der Waals surface area contributed by atoms with E-state index in [9.17, 15) is 4.79 Å². The van der Waals surface area contributed by atoms with Crippen molar-refractivity contribution in [2.45, 2.75) is 6.92 Å². The molecule has 0 heterocycles. The molecule has 3 N–H and O–H groups in total. The molecule has 0 aliphatic heterocycles. The fourth-order valence-corrected chi connectivity index (χ4v) is 1.74. The van der Waals surface area contributed by atoms with E-state index in [4.69, 9.17) is 22.7 Å². The Labute approximate surface area is 120 Å². The lowest BCUT2D eigenvalue weighted by atomic mass is 10.1. The number of thiocarbonyl (C=S) groups is 1. The smallest absolute Gasteiger partial charge is 0.255 e. The lowest BCUT2D eigenvalue weighted by Gasteiger charge is -2.13. The number of nitrogens with one attached hydrogen (secondary N) is 1. The first-order chi connectivity index (χ1) is 8.45. The van der Waals surface area contributed by atoms with E-state index in [-0.39, 0.29) is 11.8 Å². The van der Waals surface area contributed by atoms with Gasteiger partial charge in [-0.05, 0) is 18.2 Å². The largest absolute Gasteiger partial charge is 0.496 e. The minimum absolute atomic E-state index is 0.0397. The normalized spacial score (nSPS) is 11.7. The number of benzene rings is 1. The monoisotopic (exact) mass is 330 g/mol. The Morgan fingerprint density at radius 2 is 2.28 bits per heavy atom. The average Bonchev–Trinajstić information content (AvgIpc) is 2.35. The van der Waals surface area contributed by atoms with Crippen LogP contribution >= 0.6 is 28.1 Å². The zero-order chi connectivity index (χ0) is 13.7. The Bertz CT molecular complexity index is 465. The molecular weight excluding hydrogens is 316 g/mol. The first kappa shape index (κ1) is 14.9. The molecule has 0 saturated heterocycles. The van der Waals surface area contributed by atoms with Crippen LogP contribution in [0.15, 0.2) is 22.7 Å². The maximum absolute atomic E-state index is 12.0.